The van der Waals surface area contributed by atoms with E-state index >= 15 is 0 Å². The molecular weight excluding hydrogens is 416 g/mol. The first-order chi connectivity index (χ1) is 16.2. The summed E-state index contributed by atoms with van der Waals surface area (Å²) in [6.45, 7) is 1.99. The Labute approximate surface area is 193 Å². The largest absolute Gasteiger partial charge is 0.484 e. The van der Waals surface area contributed by atoms with Crippen molar-refractivity contribution in [2.45, 2.75) is 24.7 Å². The number of nitrogens with one attached hydrogen (secondary N) is 3. The third-order valence-corrected chi connectivity index (χ3v) is 5.65. The summed E-state index contributed by atoms with van der Waals surface area (Å²) in [5.41, 5.74) is 2.99. The fourth-order valence-corrected chi connectivity index (χ4v) is 3.84. The predicted molar refractivity (Wildman–Crippen MR) is 127 cm³/mol. The van der Waals surface area contributed by atoms with Crippen molar-refractivity contribution in [1.29, 1.82) is 5.26 Å². The second-order valence-electron chi connectivity index (χ2n) is 7.97. The van der Waals surface area contributed by atoms with Gasteiger partial charge >= 0.3 is 0 Å². The average molecular weight is 445 g/mol. The second kappa shape index (κ2) is 10.9. The zero-order valence-electron chi connectivity index (χ0n) is 18.5. The van der Waals surface area contributed by atoms with E-state index in [0.29, 0.717) is 36.0 Å². The molecule has 33 heavy (non-hydrogen) atoms. The highest BCUT2D eigenvalue weighted by atomic mass is 16.5. The zero-order valence-corrected chi connectivity index (χ0v) is 18.5. The summed E-state index contributed by atoms with van der Waals surface area (Å²) in [7, 11) is 1.91. The minimum absolute atomic E-state index is 0.141. The molecule has 0 saturated carbocycles. The Kier molecular flexibility index (Phi) is 7.47. The Balaban J connectivity index is 1.55. The molecule has 4 N–H and O–H groups in total. The number of nitriles is 1. The van der Waals surface area contributed by atoms with Gasteiger partial charge in [0.15, 0.2) is 0 Å². The van der Waals surface area contributed by atoms with Crippen molar-refractivity contribution in [2.75, 3.05) is 32.0 Å². The van der Waals surface area contributed by atoms with Gasteiger partial charge in [-0.1, -0.05) is 30.3 Å². The molecule has 1 aromatic heterocycles. The van der Waals surface area contributed by atoms with Crippen molar-refractivity contribution in [3.05, 3.63) is 71.9 Å². The third kappa shape index (κ3) is 5.65. The number of benzene rings is 2. The Hall–Kier alpha value is -3.51. The number of aromatic nitrogens is 2. The molecule has 1 fully saturated rings. The summed E-state index contributed by atoms with van der Waals surface area (Å²) in [6.07, 6.45) is 1.78. The van der Waals surface area contributed by atoms with Gasteiger partial charge in [0.25, 0.3) is 0 Å². The van der Waals surface area contributed by atoms with Gasteiger partial charge in [-0.15, -0.1) is 0 Å². The van der Waals surface area contributed by atoms with Crippen molar-refractivity contribution >= 4 is 5.95 Å². The zero-order chi connectivity index (χ0) is 23.0. The van der Waals surface area contributed by atoms with Crippen molar-refractivity contribution < 1.29 is 9.84 Å². The number of aliphatic hydroxyl groups excluding tert-OH is 1. The molecule has 8 nitrogen and oxygen atoms in total. The van der Waals surface area contributed by atoms with Gasteiger partial charge in [-0.2, -0.15) is 5.26 Å². The molecule has 3 atom stereocenters. The van der Waals surface area contributed by atoms with E-state index in [0.717, 1.165) is 24.1 Å². The van der Waals surface area contributed by atoms with Crippen LogP contribution in [-0.4, -0.2) is 53.9 Å². The molecule has 4 rings (SSSR count). The van der Waals surface area contributed by atoms with E-state index in [1.165, 1.54) is 0 Å². The Morgan fingerprint density at radius 3 is 2.79 bits per heavy atom. The molecule has 0 bridgehead atoms. The van der Waals surface area contributed by atoms with Crippen LogP contribution in [0.2, 0.25) is 0 Å². The molecule has 1 saturated heterocycles. The molecule has 2 heterocycles. The molecule has 1 aliphatic heterocycles. The fourth-order valence-electron chi connectivity index (χ4n) is 3.84. The number of aliphatic hydroxyl groups is 1. The van der Waals surface area contributed by atoms with Crippen LogP contribution in [0.1, 0.15) is 23.7 Å². The first kappa shape index (κ1) is 22.7. The SMILES string of the molecule is CNCCC(Oc1ccc(-c2ccnc(N[C@H]3CNC[C@@H]3O)n2)cc1C#N)c1ccccc1. The fraction of sp³-hybridized carbons (Fsp3) is 0.320. The molecule has 0 amide bonds. The standard InChI is InChI=1S/C25H28N6O2/c1-27-11-10-24(17-5-3-2-4-6-17)33-23-8-7-18(13-19(23)14-26)20-9-12-29-25(30-20)31-21-15-28-16-22(21)32/h2-9,12-13,21-22,24,27-28,32H,10-11,15-16H2,1H3,(H,29,30,31)/t21-,22-,24?/m0/s1. The highest BCUT2D eigenvalue weighted by molar-refractivity contribution is 5.65. The van der Waals surface area contributed by atoms with Crippen LogP contribution in [0.3, 0.4) is 0 Å². The molecule has 8 heteroatoms. The second-order valence-corrected chi connectivity index (χ2v) is 7.97. The lowest BCUT2D eigenvalue weighted by Crippen LogP contribution is -2.32. The van der Waals surface area contributed by atoms with Gasteiger partial charge in [0, 0.05) is 31.3 Å². The lowest BCUT2D eigenvalue weighted by Gasteiger charge is -2.20. The van der Waals surface area contributed by atoms with Crippen LogP contribution in [0.25, 0.3) is 11.3 Å². The van der Waals surface area contributed by atoms with Gasteiger partial charge in [0.05, 0.1) is 23.4 Å². The molecule has 0 spiro atoms. The summed E-state index contributed by atoms with van der Waals surface area (Å²) >= 11 is 0. The average Bonchev–Trinajstić information content (AvgIpc) is 3.26. The van der Waals surface area contributed by atoms with E-state index in [2.05, 4.69) is 32.0 Å². The topological polar surface area (TPSA) is 115 Å². The Morgan fingerprint density at radius 2 is 2.06 bits per heavy atom. The molecule has 2 aromatic carbocycles. The molecule has 1 aliphatic rings. The normalized spacial score (nSPS) is 18.5. The van der Waals surface area contributed by atoms with E-state index < -0.39 is 6.10 Å². The maximum Gasteiger partial charge on any atom is 0.223 e. The van der Waals surface area contributed by atoms with Gasteiger partial charge < -0.3 is 25.8 Å². The Bertz CT molecular complexity index is 1100. The highest BCUT2D eigenvalue weighted by Gasteiger charge is 2.25. The summed E-state index contributed by atoms with van der Waals surface area (Å²) < 4.78 is 6.30. The van der Waals surface area contributed by atoms with Crippen molar-refractivity contribution in [1.82, 2.24) is 20.6 Å². The molecule has 0 radical (unpaired) electrons. The summed E-state index contributed by atoms with van der Waals surface area (Å²) in [6, 6.07) is 19.4. The number of hydrogen-bond acceptors (Lipinski definition) is 8. The van der Waals surface area contributed by atoms with Crippen molar-refractivity contribution in [3.8, 4) is 23.1 Å². The van der Waals surface area contributed by atoms with E-state index in [9.17, 15) is 10.4 Å². The highest BCUT2D eigenvalue weighted by Crippen LogP contribution is 2.30. The monoisotopic (exact) mass is 444 g/mol. The van der Waals surface area contributed by atoms with Crippen LogP contribution in [-0.2, 0) is 0 Å². The van der Waals surface area contributed by atoms with Crippen LogP contribution >= 0.6 is 0 Å². The van der Waals surface area contributed by atoms with E-state index in [1.807, 2.05) is 49.5 Å². The van der Waals surface area contributed by atoms with E-state index in [4.69, 9.17) is 4.74 Å². The quantitative estimate of drug-likeness (QED) is 0.398. The van der Waals surface area contributed by atoms with Crippen LogP contribution in [0.4, 0.5) is 5.95 Å². The molecular formula is C25H28N6O2. The van der Waals surface area contributed by atoms with Gasteiger partial charge in [-0.25, -0.2) is 9.97 Å². The lowest BCUT2D eigenvalue weighted by atomic mass is 10.0. The first-order valence-corrected chi connectivity index (χ1v) is 11.1. The third-order valence-electron chi connectivity index (χ3n) is 5.65. The maximum absolute atomic E-state index is 10.0. The van der Waals surface area contributed by atoms with Gasteiger partial charge in [0.2, 0.25) is 5.95 Å². The van der Waals surface area contributed by atoms with Gasteiger partial charge in [-0.3, -0.25) is 0 Å². The van der Waals surface area contributed by atoms with Crippen molar-refractivity contribution in [2.24, 2.45) is 0 Å². The minimum atomic E-state index is -0.487. The Morgan fingerprint density at radius 1 is 1.21 bits per heavy atom. The number of hydrogen-bond donors (Lipinski definition) is 4. The predicted octanol–water partition coefficient (Wildman–Crippen LogP) is 2.49. The number of anilines is 1. The number of nitrogens with zero attached hydrogens (tertiary/aromatic N) is 3. The molecule has 1 unspecified atom stereocenters. The molecule has 3 aromatic rings. The number of β-amino-alcohol motifs (C(OH)–C–C–N with tert-alkyl or cyclic N) is 1. The van der Waals surface area contributed by atoms with Crippen molar-refractivity contribution in [3.63, 3.8) is 0 Å². The number of ether oxygens (including phenoxy) is 1. The minimum Gasteiger partial charge on any atom is -0.484 e. The maximum atomic E-state index is 10.0. The van der Waals surface area contributed by atoms with Gasteiger partial charge in [-0.05, 0) is 43.4 Å². The first-order valence-electron chi connectivity index (χ1n) is 11.1. The molecule has 170 valence electrons. The summed E-state index contributed by atoms with van der Waals surface area (Å²) in [4.78, 5) is 8.84. The number of rotatable bonds is 9. The summed E-state index contributed by atoms with van der Waals surface area (Å²) in [5.74, 6) is 0.981. The van der Waals surface area contributed by atoms with E-state index in [-0.39, 0.29) is 12.1 Å². The van der Waals surface area contributed by atoms with Gasteiger partial charge in [0.1, 0.15) is 17.9 Å². The van der Waals surface area contributed by atoms with E-state index in [1.54, 1.807) is 18.3 Å². The van der Waals surface area contributed by atoms with Crippen LogP contribution in [0.15, 0.2) is 60.8 Å². The molecule has 0 aliphatic carbocycles. The van der Waals surface area contributed by atoms with Crippen LogP contribution in [0.5, 0.6) is 5.75 Å². The smallest absolute Gasteiger partial charge is 0.223 e. The lowest BCUT2D eigenvalue weighted by molar-refractivity contribution is 0.185. The van der Waals surface area contributed by atoms with Crippen LogP contribution < -0.4 is 20.7 Å². The van der Waals surface area contributed by atoms with Crippen LogP contribution in [0, 0.1) is 11.3 Å². The summed E-state index contributed by atoms with van der Waals surface area (Å²) in [5, 5.41) is 29.3.